The number of carbonyl (C=O) groups excluding carboxylic acids is 1. The summed E-state index contributed by atoms with van der Waals surface area (Å²) in [6.07, 6.45) is 7.54. The predicted molar refractivity (Wildman–Crippen MR) is 111 cm³/mol. The van der Waals surface area contributed by atoms with Crippen LogP contribution >= 0.6 is 12.4 Å². The van der Waals surface area contributed by atoms with E-state index < -0.39 is 10.0 Å². The van der Waals surface area contributed by atoms with Gasteiger partial charge in [0.25, 0.3) is 0 Å². The zero-order valence-corrected chi connectivity index (χ0v) is 17.5. The number of aromatic nitrogens is 2. The number of H-pyrrole nitrogens is 1. The highest BCUT2D eigenvalue weighted by molar-refractivity contribution is 7.89. The summed E-state index contributed by atoms with van der Waals surface area (Å²) in [5.41, 5.74) is 6.02. The summed E-state index contributed by atoms with van der Waals surface area (Å²) >= 11 is 0. The molecule has 156 valence electrons. The van der Waals surface area contributed by atoms with Gasteiger partial charge in [0.1, 0.15) is 10.5 Å². The van der Waals surface area contributed by atoms with E-state index in [0.717, 1.165) is 25.7 Å². The molecule has 1 saturated heterocycles. The molecule has 0 aliphatic carbocycles. The summed E-state index contributed by atoms with van der Waals surface area (Å²) in [5.74, 6) is 0.107. The van der Waals surface area contributed by atoms with Crippen molar-refractivity contribution >= 4 is 39.4 Å². The van der Waals surface area contributed by atoms with Crippen LogP contribution in [-0.2, 0) is 14.8 Å². The average molecular weight is 430 g/mol. The molecule has 8 nitrogen and oxygen atoms in total. The molecule has 0 atom stereocenters. The molecule has 3 N–H and O–H groups in total. The molecule has 1 aliphatic rings. The number of halogens is 1. The number of nitrogens with zero attached hydrogens (tertiary/aromatic N) is 3. The molecule has 3 heterocycles. The highest BCUT2D eigenvalue weighted by atomic mass is 35.5. The predicted octanol–water partition coefficient (Wildman–Crippen LogP) is 1.73. The van der Waals surface area contributed by atoms with E-state index in [1.807, 2.05) is 0 Å². The van der Waals surface area contributed by atoms with Gasteiger partial charge in [-0.1, -0.05) is 12.8 Å². The van der Waals surface area contributed by atoms with Gasteiger partial charge in [-0.15, -0.1) is 12.4 Å². The molecule has 0 unspecified atom stereocenters. The molecule has 0 spiro atoms. The monoisotopic (exact) mass is 429 g/mol. The number of pyridine rings is 1. The Hall–Kier alpha value is -1.68. The zero-order valence-electron chi connectivity index (χ0n) is 15.8. The van der Waals surface area contributed by atoms with Crippen LogP contribution in [0.25, 0.3) is 11.0 Å². The fourth-order valence-electron chi connectivity index (χ4n) is 3.39. The first-order chi connectivity index (χ1) is 13.0. The van der Waals surface area contributed by atoms with Crippen molar-refractivity contribution < 1.29 is 13.2 Å². The molecule has 0 bridgehead atoms. The fourth-order valence-corrected chi connectivity index (χ4v) is 4.97. The van der Waals surface area contributed by atoms with Gasteiger partial charge in [-0.05, 0) is 31.5 Å². The van der Waals surface area contributed by atoms with E-state index in [1.54, 1.807) is 23.2 Å². The van der Waals surface area contributed by atoms with E-state index in [2.05, 4.69) is 9.97 Å². The van der Waals surface area contributed by atoms with E-state index in [1.165, 1.54) is 10.5 Å². The Bertz CT molecular complexity index is 878. The molecule has 1 aliphatic heterocycles. The molecule has 0 saturated carbocycles. The van der Waals surface area contributed by atoms with Crippen LogP contribution in [0, 0.1) is 0 Å². The molecule has 0 aromatic carbocycles. The normalized spacial score (nSPS) is 15.5. The number of amides is 1. The molecule has 2 aromatic rings. The van der Waals surface area contributed by atoms with Crippen LogP contribution in [0.1, 0.15) is 32.1 Å². The standard InChI is InChI=1S/C18H27N5O3S.ClH/c19-8-4-2-1-3-7-17(24)22-10-12-23(13-11-22)27(25,26)16-14-21-18-15(16)6-5-9-20-18;/h5-6,9,14H,1-4,7-8,10-13,19H2,(H,20,21);1H. The van der Waals surface area contributed by atoms with Gasteiger partial charge in [0.05, 0.1) is 0 Å². The van der Waals surface area contributed by atoms with Crippen molar-refractivity contribution in [2.75, 3.05) is 32.7 Å². The molecule has 1 fully saturated rings. The van der Waals surface area contributed by atoms with Crippen molar-refractivity contribution in [3.63, 3.8) is 0 Å². The number of aromatic amines is 1. The summed E-state index contributed by atoms with van der Waals surface area (Å²) in [6.45, 7) is 2.18. The van der Waals surface area contributed by atoms with Crippen molar-refractivity contribution in [1.82, 2.24) is 19.2 Å². The van der Waals surface area contributed by atoms with Gasteiger partial charge < -0.3 is 15.6 Å². The summed E-state index contributed by atoms with van der Waals surface area (Å²) in [7, 11) is -3.61. The lowest BCUT2D eigenvalue weighted by atomic mass is 10.1. The molecular weight excluding hydrogens is 402 g/mol. The summed E-state index contributed by atoms with van der Waals surface area (Å²) in [5, 5.41) is 0.591. The van der Waals surface area contributed by atoms with Crippen LogP contribution in [0.5, 0.6) is 0 Å². The first-order valence-electron chi connectivity index (χ1n) is 9.44. The third-order valence-electron chi connectivity index (χ3n) is 4.97. The number of nitrogens with one attached hydrogen (secondary N) is 1. The second kappa shape index (κ2) is 10.2. The summed E-state index contributed by atoms with van der Waals surface area (Å²) < 4.78 is 27.4. The molecule has 28 heavy (non-hydrogen) atoms. The van der Waals surface area contributed by atoms with E-state index in [-0.39, 0.29) is 23.2 Å². The average Bonchev–Trinajstić information content (AvgIpc) is 3.13. The molecule has 10 heteroatoms. The lowest BCUT2D eigenvalue weighted by Crippen LogP contribution is -2.50. The second-order valence-corrected chi connectivity index (χ2v) is 8.70. The SMILES string of the molecule is Cl.NCCCCCCC(=O)N1CCN(S(=O)(=O)c2c[nH]c3ncccc23)CC1. The topological polar surface area (TPSA) is 112 Å². The maximum absolute atomic E-state index is 13.0. The number of piperazine rings is 1. The number of sulfonamides is 1. The third-order valence-corrected chi connectivity index (χ3v) is 6.91. The number of hydrogen-bond donors (Lipinski definition) is 2. The van der Waals surface area contributed by atoms with E-state index in [4.69, 9.17) is 5.73 Å². The van der Waals surface area contributed by atoms with Gasteiger partial charge in [-0.25, -0.2) is 13.4 Å². The Kier molecular flexibility index (Phi) is 8.23. The number of carbonyl (C=O) groups is 1. The van der Waals surface area contributed by atoms with Gasteiger partial charge in [0, 0.05) is 50.4 Å². The Morgan fingerprint density at radius 2 is 1.86 bits per heavy atom. The fraction of sp³-hybridized carbons (Fsp3) is 0.556. The lowest BCUT2D eigenvalue weighted by molar-refractivity contribution is -0.132. The van der Waals surface area contributed by atoms with Crippen molar-refractivity contribution in [3.8, 4) is 0 Å². The Balaban J connectivity index is 0.00000280. The number of rotatable bonds is 8. The molecule has 0 radical (unpaired) electrons. The van der Waals surface area contributed by atoms with Gasteiger partial charge in [0.15, 0.2) is 0 Å². The first kappa shape index (κ1) is 22.6. The maximum atomic E-state index is 13.0. The van der Waals surface area contributed by atoms with Gasteiger partial charge >= 0.3 is 0 Å². The third kappa shape index (κ3) is 5.02. The highest BCUT2D eigenvalue weighted by Crippen LogP contribution is 2.25. The Labute approximate surface area is 171 Å². The van der Waals surface area contributed by atoms with Crippen LogP contribution in [-0.4, -0.2) is 66.2 Å². The quantitative estimate of drug-likeness (QED) is 0.620. The van der Waals surface area contributed by atoms with Gasteiger partial charge in [-0.3, -0.25) is 4.79 Å². The minimum Gasteiger partial charge on any atom is -0.345 e. The van der Waals surface area contributed by atoms with E-state index in [0.29, 0.717) is 50.2 Å². The Morgan fingerprint density at radius 3 is 2.57 bits per heavy atom. The summed E-state index contributed by atoms with van der Waals surface area (Å²) in [4.78, 5) is 21.4. The zero-order chi connectivity index (χ0) is 19.3. The van der Waals surface area contributed by atoms with Crippen molar-refractivity contribution in [3.05, 3.63) is 24.5 Å². The van der Waals surface area contributed by atoms with E-state index in [9.17, 15) is 13.2 Å². The summed E-state index contributed by atoms with van der Waals surface area (Å²) in [6, 6.07) is 3.47. The molecule has 2 aromatic heterocycles. The smallest absolute Gasteiger partial charge is 0.245 e. The van der Waals surface area contributed by atoms with Crippen LogP contribution < -0.4 is 5.73 Å². The minimum absolute atomic E-state index is 0. The molecule has 3 rings (SSSR count). The van der Waals surface area contributed by atoms with Crippen molar-refractivity contribution in [1.29, 1.82) is 0 Å². The van der Waals surface area contributed by atoms with Crippen LogP contribution in [0.15, 0.2) is 29.4 Å². The second-order valence-electron chi connectivity index (χ2n) is 6.79. The maximum Gasteiger partial charge on any atom is 0.245 e. The number of hydrogen-bond acceptors (Lipinski definition) is 5. The number of unbranched alkanes of at least 4 members (excludes halogenated alkanes) is 3. The van der Waals surface area contributed by atoms with Gasteiger partial charge in [0.2, 0.25) is 15.9 Å². The minimum atomic E-state index is -3.61. The molecular formula is C18H28ClN5O3S. The first-order valence-corrected chi connectivity index (χ1v) is 10.9. The Morgan fingerprint density at radius 1 is 1.14 bits per heavy atom. The van der Waals surface area contributed by atoms with Gasteiger partial charge in [-0.2, -0.15) is 4.31 Å². The lowest BCUT2D eigenvalue weighted by Gasteiger charge is -2.34. The van der Waals surface area contributed by atoms with Crippen molar-refractivity contribution in [2.24, 2.45) is 5.73 Å². The van der Waals surface area contributed by atoms with E-state index >= 15 is 0 Å². The number of fused-ring (bicyclic) bond motifs is 1. The number of nitrogens with two attached hydrogens (primary N) is 1. The van der Waals surface area contributed by atoms with Crippen LogP contribution in [0.2, 0.25) is 0 Å². The highest BCUT2D eigenvalue weighted by Gasteiger charge is 2.31. The molecule has 1 amide bonds. The van der Waals surface area contributed by atoms with Crippen molar-refractivity contribution in [2.45, 2.75) is 37.0 Å². The van der Waals surface area contributed by atoms with Crippen LogP contribution in [0.3, 0.4) is 0 Å². The largest absolute Gasteiger partial charge is 0.345 e. The van der Waals surface area contributed by atoms with Crippen LogP contribution in [0.4, 0.5) is 0 Å².